The van der Waals surface area contributed by atoms with Crippen LogP contribution < -0.4 is 9.64 Å². The highest BCUT2D eigenvalue weighted by atomic mass is 16.5. The number of pyridine rings is 1. The number of aromatic nitrogens is 3. The number of imidazole rings is 1. The second kappa shape index (κ2) is 7.97. The molecule has 1 amide bonds. The molecule has 1 N–H and O–H groups in total. The first-order chi connectivity index (χ1) is 14.7. The van der Waals surface area contributed by atoms with Gasteiger partial charge in [-0.2, -0.15) is 0 Å². The van der Waals surface area contributed by atoms with Crippen molar-refractivity contribution in [2.24, 2.45) is 5.92 Å². The quantitative estimate of drug-likeness (QED) is 0.719. The molecule has 3 aromatic rings. The standard InChI is InChI=1S/C23H27N5O2/c1-30-18-8-4-6-16(14-18)21-24-19-9-10-20(25-22(19)26-21)28-13-5-7-17(15-28)23(29)27-11-2-3-12-27/h4,6,8-10,14,17H,2-3,5,7,11-13,15H2,1H3,(H,24,25,26)/t17-/m1/s1. The number of nitrogens with zero attached hydrogens (tertiary/aromatic N) is 4. The van der Waals surface area contributed by atoms with E-state index < -0.39 is 0 Å². The lowest BCUT2D eigenvalue weighted by atomic mass is 9.96. The van der Waals surface area contributed by atoms with E-state index in [9.17, 15) is 4.79 Å². The normalized spacial score (nSPS) is 19.4. The maximum absolute atomic E-state index is 12.9. The molecule has 5 rings (SSSR count). The van der Waals surface area contributed by atoms with Crippen molar-refractivity contribution in [3.63, 3.8) is 0 Å². The monoisotopic (exact) mass is 405 g/mol. The number of ether oxygens (including phenoxy) is 1. The average Bonchev–Trinajstić information content (AvgIpc) is 3.48. The van der Waals surface area contributed by atoms with Crippen LogP contribution in [0.4, 0.5) is 5.82 Å². The summed E-state index contributed by atoms with van der Waals surface area (Å²) in [7, 11) is 1.66. The van der Waals surface area contributed by atoms with Crippen molar-refractivity contribution >= 4 is 22.9 Å². The van der Waals surface area contributed by atoms with Crippen LogP contribution in [0.2, 0.25) is 0 Å². The Morgan fingerprint density at radius 2 is 1.97 bits per heavy atom. The molecule has 1 aromatic carbocycles. The number of likely N-dealkylation sites (tertiary alicyclic amines) is 1. The van der Waals surface area contributed by atoms with Crippen molar-refractivity contribution in [3.05, 3.63) is 36.4 Å². The zero-order chi connectivity index (χ0) is 20.5. The second-order valence-electron chi connectivity index (χ2n) is 8.18. The molecule has 0 spiro atoms. The molecule has 156 valence electrons. The molecule has 2 aromatic heterocycles. The molecular formula is C23H27N5O2. The maximum Gasteiger partial charge on any atom is 0.227 e. The number of piperidine rings is 1. The van der Waals surface area contributed by atoms with Gasteiger partial charge in [-0.25, -0.2) is 9.97 Å². The van der Waals surface area contributed by atoms with E-state index in [1.807, 2.05) is 41.3 Å². The third kappa shape index (κ3) is 3.60. The Balaban J connectivity index is 1.37. The minimum absolute atomic E-state index is 0.0703. The van der Waals surface area contributed by atoms with E-state index in [1.54, 1.807) is 7.11 Å². The lowest BCUT2D eigenvalue weighted by molar-refractivity contribution is -0.134. The van der Waals surface area contributed by atoms with Gasteiger partial charge in [-0.3, -0.25) is 4.79 Å². The zero-order valence-electron chi connectivity index (χ0n) is 17.3. The number of nitrogens with one attached hydrogen (secondary N) is 1. The number of carbonyl (C=O) groups excluding carboxylic acids is 1. The number of methoxy groups -OCH3 is 1. The summed E-state index contributed by atoms with van der Waals surface area (Å²) in [6.07, 6.45) is 4.25. The van der Waals surface area contributed by atoms with Gasteiger partial charge < -0.3 is 19.5 Å². The second-order valence-corrected chi connectivity index (χ2v) is 8.18. The van der Waals surface area contributed by atoms with Crippen LogP contribution in [0.1, 0.15) is 25.7 Å². The van der Waals surface area contributed by atoms with E-state index in [2.05, 4.69) is 9.88 Å². The summed E-state index contributed by atoms with van der Waals surface area (Å²) >= 11 is 0. The van der Waals surface area contributed by atoms with Crippen LogP contribution >= 0.6 is 0 Å². The van der Waals surface area contributed by atoms with Crippen molar-refractivity contribution in [2.75, 3.05) is 38.2 Å². The van der Waals surface area contributed by atoms with E-state index in [1.165, 1.54) is 0 Å². The van der Waals surface area contributed by atoms with Crippen LogP contribution in [0.3, 0.4) is 0 Å². The molecule has 7 heteroatoms. The summed E-state index contributed by atoms with van der Waals surface area (Å²) in [5.41, 5.74) is 2.56. The number of rotatable bonds is 4. The molecule has 1 atom stereocenters. The molecule has 2 fully saturated rings. The van der Waals surface area contributed by atoms with Gasteiger partial charge in [-0.15, -0.1) is 0 Å². The Hall–Kier alpha value is -3.09. The zero-order valence-corrected chi connectivity index (χ0v) is 17.3. The Labute approximate surface area is 176 Å². The minimum Gasteiger partial charge on any atom is -0.497 e. The van der Waals surface area contributed by atoms with Crippen molar-refractivity contribution in [2.45, 2.75) is 25.7 Å². The first-order valence-corrected chi connectivity index (χ1v) is 10.8. The molecule has 4 heterocycles. The first kappa shape index (κ1) is 18.9. The smallest absolute Gasteiger partial charge is 0.227 e. The number of anilines is 1. The Kier molecular flexibility index (Phi) is 5.02. The summed E-state index contributed by atoms with van der Waals surface area (Å²) in [6, 6.07) is 11.9. The molecule has 2 saturated heterocycles. The van der Waals surface area contributed by atoms with E-state index in [4.69, 9.17) is 14.7 Å². The lowest BCUT2D eigenvalue weighted by Crippen LogP contribution is -2.44. The van der Waals surface area contributed by atoms with Gasteiger partial charge in [0, 0.05) is 31.7 Å². The number of carbonyl (C=O) groups is 1. The van der Waals surface area contributed by atoms with Crippen LogP contribution in [0.25, 0.3) is 22.6 Å². The fraction of sp³-hybridized carbons (Fsp3) is 0.435. The third-order valence-electron chi connectivity index (χ3n) is 6.19. The van der Waals surface area contributed by atoms with Crippen molar-refractivity contribution in [1.29, 1.82) is 0 Å². The summed E-state index contributed by atoms with van der Waals surface area (Å²) in [6.45, 7) is 3.50. The number of amides is 1. The van der Waals surface area contributed by atoms with E-state index in [-0.39, 0.29) is 5.92 Å². The van der Waals surface area contributed by atoms with E-state index >= 15 is 0 Å². The molecule has 0 radical (unpaired) electrons. The van der Waals surface area contributed by atoms with Gasteiger partial charge in [-0.05, 0) is 49.9 Å². The SMILES string of the molecule is COc1cccc(-c2nc3nc(N4CCC[C@@H](C(=O)N5CCCC5)C4)ccc3[nH]2)c1. The topological polar surface area (TPSA) is 74.4 Å². The molecule has 7 nitrogen and oxygen atoms in total. The number of hydrogen-bond donors (Lipinski definition) is 1. The van der Waals surface area contributed by atoms with Gasteiger partial charge in [0.1, 0.15) is 17.4 Å². The van der Waals surface area contributed by atoms with Gasteiger partial charge in [-0.1, -0.05) is 12.1 Å². The number of fused-ring (bicyclic) bond motifs is 1. The fourth-order valence-corrected chi connectivity index (χ4v) is 4.55. The Bertz CT molecular complexity index is 1060. The van der Waals surface area contributed by atoms with Crippen LogP contribution in [-0.2, 0) is 4.79 Å². The average molecular weight is 406 g/mol. The molecule has 30 heavy (non-hydrogen) atoms. The molecule has 0 unspecified atom stereocenters. The summed E-state index contributed by atoms with van der Waals surface area (Å²) < 4.78 is 5.32. The Morgan fingerprint density at radius 3 is 2.80 bits per heavy atom. The number of hydrogen-bond acceptors (Lipinski definition) is 5. The maximum atomic E-state index is 12.9. The highest BCUT2D eigenvalue weighted by molar-refractivity contribution is 5.81. The summed E-state index contributed by atoms with van der Waals surface area (Å²) in [5, 5.41) is 0. The molecule has 2 aliphatic heterocycles. The number of benzene rings is 1. The summed E-state index contributed by atoms with van der Waals surface area (Å²) in [4.78, 5) is 30.0. The molecule has 0 aliphatic carbocycles. The fourth-order valence-electron chi connectivity index (χ4n) is 4.55. The molecule has 2 aliphatic rings. The van der Waals surface area contributed by atoms with E-state index in [0.29, 0.717) is 11.6 Å². The molecular weight excluding hydrogens is 378 g/mol. The minimum atomic E-state index is 0.0703. The lowest BCUT2D eigenvalue weighted by Gasteiger charge is -2.34. The Morgan fingerprint density at radius 1 is 1.10 bits per heavy atom. The number of aromatic amines is 1. The van der Waals surface area contributed by atoms with Crippen LogP contribution in [-0.4, -0.2) is 59.0 Å². The highest BCUT2D eigenvalue weighted by Gasteiger charge is 2.31. The predicted molar refractivity (Wildman–Crippen MR) is 117 cm³/mol. The van der Waals surface area contributed by atoms with Gasteiger partial charge in [0.15, 0.2) is 5.65 Å². The van der Waals surface area contributed by atoms with Gasteiger partial charge >= 0.3 is 0 Å². The van der Waals surface area contributed by atoms with Gasteiger partial charge in [0.2, 0.25) is 5.91 Å². The van der Waals surface area contributed by atoms with Crippen molar-refractivity contribution in [3.8, 4) is 17.1 Å². The highest BCUT2D eigenvalue weighted by Crippen LogP contribution is 2.27. The molecule has 0 saturated carbocycles. The van der Waals surface area contributed by atoms with Crippen LogP contribution in [0.5, 0.6) is 5.75 Å². The number of H-pyrrole nitrogens is 1. The van der Waals surface area contributed by atoms with Gasteiger partial charge in [0.05, 0.1) is 18.5 Å². The van der Waals surface area contributed by atoms with Gasteiger partial charge in [0.25, 0.3) is 0 Å². The summed E-state index contributed by atoms with van der Waals surface area (Å²) in [5.74, 6) is 2.85. The van der Waals surface area contributed by atoms with Crippen molar-refractivity contribution in [1.82, 2.24) is 19.9 Å². The third-order valence-corrected chi connectivity index (χ3v) is 6.19. The van der Waals surface area contributed by atoms with Crippen LogP contribution in [0.15, 0.2) is 36.4 Å². The van der Waals surface area contributed by atoms with E-state index in [0.717, 1.165) is 80.3 Å². The van der Waals surface area contributed by atoms with Crippen molar-refractivity contribution < 1.29 is 9.53 Å². The first-order valence-electron chi connectivity index (χ1n) is 10.8. The van der Waals surface area contributed by atoms with Crippen LogP contribution in [0, 0.1) is 5.92 Å². The predicted octanol–water partition coefficient (Wildman–Crippen LogP) is 3.47. The molecule has 0 bridgehead atoms. The largest absolute Gasteiger partial charge is 0.497 e.